The molecule has 154 valence electrons. The summed E-state index contributed by atoms with van der Waals surface area (Å²) in [7, 11) is 1.00. The normalized spacial score (nSPS) is 14.6. The van der Waals surface area contributed by atoms with E-state index < -0.39 is 0 Å². The first kappa shape index (κ1) is 24.2. The third-order valence-corrected chi connectivity index (χ3v) is 4.84. The fourth-order valence-electron chi connectivity index (χ4n) is 3.37. The number of benzene rings is 2. The maximum atomic E-state index is 12.3. The summed E-state index contributed by atoms with van der Waals surface area (Å²) < 4.78 is 0. The number of hydrogen-bond acceptors (Lipinski definition) is 2. The zero-order chi connectivity index (χ0) is 22.0. The Balaban J connectivity index is 0.000000644. The van der Waals surface area contributed by atoms with Crippen LogP contribution in [0.2, 0.25) is 0 Å². The second-order valence-electron chi connectivity index (χ2n) is 6.73. The minimum Gasteiger partial charge on any atom is -0.400 e. The van der Waals surface area contributed by atoms with Crippen molar-refractivity contribution in [1.82, 2.24) is 0 Å². The molecule has 0 spiro atoms. The Morgan fingerprint density at radius 2 is 1.62 bits per heavy atom. The molecule has 1 aliphatic heterocycles. The van der Waals surface area contributed by atoms with Crippen LogP contribution < -0.4 is 4.90 Å². The topological polar surface area (TPSA) is 40.5 Å². The van der Waals surface area contributed by atoms with E-state index in [1.54, 1.807) is 6.92 Å². The molecular formula is C26H33NO2. The van der Waals surface area contributed by atoms with Gasteiger partial charge in [-0.3, -0.25) is 4.79 Å². The second-order valence-corrected chi connectivity index (χ2v) is 6.73. The molecule has 0 aromatic heterocycles. The average molecular weight is 392 g/mol. The van der Waals surface area contributed by atoms with Crippen molar-refractivity contribution in [2.45, 2.75) is 53.0 Å². The van der Waals surface area contributed by atoms with Gasteiger partial charge in [0.15, 0.2) is 0 Å². The molecule has 0 atom stereocenters. The smallest absolute Gasteiger partial charge is 0.224 e. The number of terminal acetylenes is 1. The maximum absolute atomic E-state index is 12.3. The van der Waals surface area contributed by atoms with E-state index in [-0.39, 0.29) is 5.91 Å². The van der Waals surface area contributed by atoms with Crippen molar-refractivity contribution in [3.8, 4) is 12.8 Å². The number of fused-ring (bicyclic) bond motifs is 2. The number of anilines is 1. The minimum atomic E-state index is 0.0909. The molecule has 1 amide bonds. The zero-order valence-corrected chi connectivity index (χ0v) is 18.3. The third kappa shape index (κ3) is 6.07. The van der Waals surface area contributed by atoms with E-state index in [1.165, 1.54) is 35.1 Å². The number of aliphatic hydroxyl groups excluding tert-OH is 1. The molecule has 1 fully saturated rings. The lowest BCUT2D eigenvalue weighted by molar-refractivity contribution is -0.116. The van der Waals surface area contributed by atoms with Gasteiger partial charge in [-0.25, -0.2) is 0 Å². The number of carbonyl (C=O) groups excluding carboxylic acids is 1. The predicted molar refractivity (Wildman–Crippen MR) is 125 cm³/mol. The monoisotopic (exact) mass is 391 g/mol. The Morgan fingerprint density at radius 1 is 1.00 bits per heavy atom. The van der Waals surface area contributed by atoms with Crippen molar-refractivity contribution in [3.63, 3.8) is 0 Å². The summed E-state index contributed by atoms with van der Waals surface area (Å²) in [5.74, 6) is 0.823. The molecule has 1 N–H and O–H groups in total. The summed E-state index contributed by atoms with van der Waals surface area (Å²) in [6, 6.07) is 13.0. The molecule has 4 rings (SSSR count). The standard InChI is InChI=1S/C21H21NO.C2H6.C2H2.CH4O/c1-14-3-10-21-19(11-14)9-7-17-6-8-18(16-4-5-16)12-20(17)13-22(21)15(2)23;3*1-2/h3,6-12,16H,4-5,13H2,1-2H3;1-2H3;1-2H;2H,1H3/b9-7-;;;. The molecule has 1 saturated carbocycles. The molecule has 0 saturated heterocycles. The second kappa shape index (κ2) is 11.9. The fourth-order valence-corrected chi connectivity index (χ4v) is 3.37. The van der Waals surface area contributed by atoms with Gasteiger partial charge < -0.3 is 10.0 Å². The molecule has 3 heteroatoms. The van der Waals surface area contributed by atoms with Crippen LogP contribution in [-0.4, -0.2) is 18.1 Å². The van der Waals surface area contributed by atoms with Crippen LogP contribution in [-0.2, 0) is 11.3 Å². The van der Waals surface area contributed by atoms with E-state index in [1.807, 2.05) is 18.7 Å². The lowest BCUT2D eigenvalue weighted by Crippen LogP contribution is -2.29. The van der Waals surface area contributed by atoms with Gasteiger partial charge in [-0.15, -0.1) is 12.8 Å². The van der Waals surface area contributed by atoms with Crippen LogP contribution in [0.5, 0.6) is 0 Å². The van der Waals surface area contributed by atoms with Crippen molar-refractivity contribution in [3.05, 3.63) is 64.2 Å². The first-order valence-corrected chi connectivity index (χ1v) is 10.1. The van der Waals surface area contributed by atoms with E-state index >= 15 is 0 Å². The van der Waals surface area contributed by atoms with Crippen molar-refractivity contribution in [2.75, 3.05) is 12.0 Å². The summed E-state index contributed by atoms with van der Waals surface area (Å²) in [4.78, 5) is 14.2. The Kier molecular flexibility index (Phi) is 9.92. The number of amides is 1. The molecule has 0 unspecified atom stereocenters. The van der Waals surface area contributed by atoms with E-state index in [0.29, 0.717) is 6.54 Å². The Bertz CT molecular complexity index is 860. The van der Waals surface area contributed by atoms with E-state index in [0.717, 1.165) is 24.3 Å². The molecule has 3 nitrogen and oxygen atoms in total. The average Bonchev–Trinajstić information content (AvgIpc) is 3.59. The van der Waals surface area contributed by atoms with Gasteiger partial charge in [0.05, 0.1) is 12.2 Å². The quantitative estimate of drug-likeness (QED) is 0.625. The number of carbonyl (C=O) groups is 1. The molecule has 1 aliphatic carbocycles. The number of nitrogens with zero attached hydrogens (tertiary/aromatic N) is 1. The molecule has 0 radical (unpaired) electrons. The van der Waals surface area contributed by atoms with E-state index in [2.05, 4.69) is 68.3 Å². The van der Waals surface area contributed by atoms with E-state index in [4.69, 9.17) is 5.11 Å². The van der Waals surface area contributed by atoms with Crippen LogP contribution in [0.25, 0.3) is 12.2 Å². The highest BCUT2D eigenvalue weighted by molar-refractivity contribution is 5.95. The lowest BCUT2D eigenvalue weighted by atomic mass is 9.97. The van der Waals surface area contributed by atoms with Crippen molar-refractivity contribution in [1.29, 1.82) is 0 Å². The summed E-state index contributed by atoms with van der Waals surface area (Å²) in [6.45, 7) is 8.38. The van der Waals surface area contributed by atoms with Crippen LogP contribution in [0.1, 0.15) is 67.3 Å². The Hall–Kier alpha value is -2.83. The van der Waals surface area contributed by atoms with Crippen LogP contribution in [0, 0.1) is 19.8 Å². The molecular weight excluding hydrogens is 358 g/mol. The van der Waals surface area contributed by atoms with Crippen molar-refractivity contribution < 1.29 is 9.90 Å². The third-order valence-electron chi connectivity index (χ3n) is 4.84. The van der Waals surface area contributed by atoms with Crippen LogP contribution in [0.3, 0.4) is 0 Å². The molecule has 29 heavy (non-hydrogen) atoms. The van der Waals surface area contributed by atoms with Gasteiger partial charge in [0.1, 0.15) is 0 Å². The SMILES string of the molecule is C#C.CC.CC(=O)N1Cc2cc(C3CC3)ccc2/C=C\c2cc(C)ccc21.CO. The highest BCUT2D eigenvalue weighted by Gasteiger charge is 2.25. The number of rotatable bonds is 1. The maximum Gasteiger partial charge on any atom is 0.224 e. The predicted octanol–water partition coefficient (Wildman–Crippen LogP) is 5.79. The van der Waals surface area contributed by atoms with Gasteiger partial charge in [-0.05, 0) is 60.1 Å². The van der Waals surface area contributed by atoms with Gasteiger partial charge in [0.25, 0.3) is 0 Å². The highest BCUT2D eigenvalue weighted by Crippen LogP contribution is 2.41. The van der Waals surface area contributed by atoms with Crippen LogP contribution in [0.4, 0.5) is 5.69 Å². The first-order valence-electron chi connectivity index (χ1n) is 10.1. The molecule has 2 aromatic carbocycles. The van der Waals surface area contributed by atoms with E-state index in [9.17, 15) is 4.79 Å². The molecule has 2 aromatic rings. The summed E-state index contributed by atoms with van der Waals surface area (Å²) >= 11 is 0. The largest absolute Gasteiger partial charge is 0.400 e. The zero-order valence-electron chi connectivity index (χ0n) is 18.3. The molecule has 2 aliphatic rings. The highest BCUT2D eigenvalue weighted by atomic mass is 16.2. The number of aliphatic hydroxyl groups is 1. The number of aryl methyl sites for hydroxylation is 1. The lowest BCUT2D eigenvalue weighted by Gasteiger charge is -2.26. The van der Waals surface area contributed by atoms with Crippen molar-refractivity contribution in [2.24, 2.45) is 0 Å². The Morgan fingerprint density at radius 3 is 2.21 bits per heavy atom. The Labute approximate surface area is 176 Å². The van der Waals surface area contributed by atoms with Gasteiger partial charge in [0, 0.05) is 14.0 Å². The first-order chi connectivity index (χ1) is 14.1. The van der Waals surface area contributed by atoms with Gasteiger partial charge in [-0.1, -0.05) is 55.8 Å². The van der Waals surface area contributed by atoms with Crippen LogP contribution in [0.15, 0.2) is 36.4 Å². The number of hydrogen-bond donors (Lipinski definition) is 1. The molecule has 1 heterocycles. The molecule has 0 bridgehead atoms. The summed E-state index contributed by atoms with van der Waals surface area (Å²) in [5.41, 5.74) is 7.20. The minimum absolute atomic E-state index is 0.0909. The van der Waals surface area contributed by atoms with Gasteiger partial charge in [-0.2, -0.15) is 0 Å². The summed E-state index contributed by atoms with van der Waals surface area (Å²) in [6.07, 6.45) is 14.9. The van der Waals surface area contributed by atoms with Crippen LogP contribution >= 0.6 is 0 Å². The van der Waals surface area contributed by atoms with Crippen molar-refractivity contribution >= 4 is 23.7 Å². The van der Waals surface area contributed by atoms with Gasteiger partial charge in [0.2, 0.25) is 5.91 Å². The summed E-state index contributed by atoms with van der Waals surface area (Å²) in [5, 5.41) is 7.00. The van der Waals surface area contributed by atoms with Gasteiger partial charge >= 0.3 is 0 Å². The fraction of sp³-hybridized carbons (Fsp3) is 0.346.